The maximum absolute atomic E-state index is 9.39. The van der Waals surface area contributed by atoms with E-state index >= 15 is 0 Å². The maximum atomic E-state index is 9.39. The van der Waals surface area contributed by atoms with Gasteiger partial charge in [0.2, 0.25) is 5.96 Å². The van der Waals surface area contributed by atoms with E-state index in [0.717, 1.165) is 8.04 Å². The highest BCUT2D eigenvalue weighted by molar-refractivity contribution is 14.1. The molecule has 1 aliphatic heterocycles. The summed E-state index contributed by atoms with van der Waals surface area (Å²) in [5.74, 6) is 1.10. The molecule has 11 heteroatoms. The lowest BCUT2D eigenvalue weighted by atomic mass is 9.94. The van der Waals surface area contributed by atoms with Crippen LogP contribution in [0.2, 0.25) is 0 Å². The first-order valence-corrected chi connectivity index (χ1v) is 9.30. The SMILES string of the molecule is COc1c(I)cc(Br)cc1C1N=C(NC#N)Nc2nc(N)c(C#N)c(N)c21. The fraction of sp³-hybridized carbons (Fsp3) is 0.125. The summed E-state index contributed by atoms with van der Waals surface area (Å²) in [4.78, 5) is 8.77. The van der Waals surface area contributed by atoms with Crippen molar-refractivity contribution in [1.82, 2.24) is 10.3 Å². The third kappa shape index (κ3) is 3.31. The summed E-state index contributed by atoms with van der Waals surface area (Å²) in [5.41, 5.74) is 13.5. The van der Waals surface area contributed by atoms with Crippen LogP contribution >= 0.6 is 38.5 Å². The number of guanidine groups is 1. The second-order valence-corrected chi connectivity index (χ2v) is 7.49. The number of aromatic nitrogens is 1. The van der Waals surface area contributed by atoms with E-state index in [9.17, 15) is 5.26 Å². The molecular weight excluding hydrogens is 527 g/mol. The van der Waals surface area contributed by atoms with Crippen molar-refractivity contribution < 1.29 is 4.74 Å². The first-order chi connectivity index (χ1) is 12.9. The summed E-state index contributed by atoms with van der Waals surface area (Å²) in [5, 5.41) is 23.7. The average molecular weight is 539 g/mol. The molecule has 0 aliphatic carbocycles. The van der Waals surface area contributed by atoms with E-state index in [2.05, 4.69) is 59.1 Å². The Kier molecular flexibility index (Phi) is 5.25. The van der Waals surface area contributed by atoms with Gasteiger partial charge in [-0.15, -0.1) is 0 Å². The number of rotatable bonds is 2. The fourth-order valence-electron chi connectivity index (χ4n) is 2.80. The summed E-state index contributed by atoms with van der Waals surface area (Å²) in [7, 11) is 1.56. The maximum Gasteiger partial charge on any atom is 0.211 e. The number of nitrogens with one attached hydrogen (secondary N) is 2. The van der Waals surface area contributed by atoms with E-state index < -0.39 is 6.04 Å². The zero-order valence-electron chi connectivity index (χ0n) is 13.8. The zero-order valence-corrected chi connectivity index (χ0v) is 17.6. The normalized spacial score (nSPS) is 14.9. The predicted molar refractivity (Wildman–Crippen MR) is 113 cm³/mol. The van der Waals surface area contributed by atoms with Gasteiger partial charge in [-0.3, -0.25) is 5.32 Å². The van der Waals surface area contributed by atoms with Gasteiger partial charge < -0.3 is 21.5 Å². The molecule has 9 nitrogen and oxygen atoms in total. The highest BCUT2D eigenvalue weighted by atomic mass is 127. The molecule has 0 saturated heterocycles. The van der Waals surface area contributed by atoms with Gasteiger partial charge in [-0.25, -0.2) is 9.98 Å². The number of pyridine rings is 1. The first kappa shape index (κ1) is 19.0. The van der Waals surface area contributed by atoms with Gasteiger partial charge in [-0.1, -0.05) is 15.9 Å². The fourth-order valence-corrected chi connectivity index (χ4v) is 4.58. The summed E-state index contributed by atoms with van der Waals surface area (Å²) in [6.07, 6.45) is 1.82. The molecule has 0 radical (unpaired) electrons. The quantitative estimate of drug-likeness (QED) is 0.258. The number of benzene rings is 1. The minimum Gasteiger partial charge on any atom is -0.495 e. The lowest BCUT2D eigenvalue weighted by molar-refractivity contribution is 0.404. The van der Waals surface area contributed by atoms with Gasteiger partial charge in [0.25, 0.3) is 0 Å². The molecule has 136 valence electrons. The number of hydrogen-bond donors (Lipinski definition) is 4. The highest BCUT2D eigenvalue weighted by Gasteiger charge is 2.32. The second kappa shape index (κ2) is 7.46. The van der Waals surface area contributed by atoms with Crippen molar-refractivity contribution >= 4 is 61.8 Å². The number of nitriles is 2. The van der Waals surface area contributed by atoms with Crippen LogP contribution in [-0.2, 0) is 0 Å². The molecule has 6 N–H and O–H groups in total. The van der Waals surface area contributed by atoms with Crippen molar-refractivity contribution in [1.29, 1.82) is 10.5 Å². The Hall–Kier alpha value is -2.77. The molecule has 0 saturated carbocycles. The van der Waals surface area contributed by atoms with Gasteiger partial charge >= 0.3 is 0 Å². The molecule has 1 aliphatic rings. The number of aliphatic imine (C=N–C) groups is 1. The summed E-state index contributed by atoms with van der Waals surface area (Å²) < 4.78 is 7.23. The Balaban J connectivity index is 2.34. The molecule has 1 aromatic carbocycles. The molecule has 1 atom stereocenters. The lowest BCUT2D eigenvalue weighted by Crippen LogP contribution is -2.33. The van der Waals surface area contributed by atoms with Crippen LogP contribution < -0.4 is 26.8 Å². The van der Waals surface area contributed by atoms with Crippen LogP contribution in [0, 0.1) is 26.4 Å². The molecule has 0 fully saturated rings. The van der Waals surface area contributed by atoms with Crippen LogP contribution in [0.15, 0.2) is 21.6 Å². The van der Waals surface area contributed by atoms with Crippen LogP contribution in [0.4, 0.5) is 17.3 Å². The molecule has 3 rings (SSSR count). The van der Waals surface area contributed by atoms with Crippen molar-refractivity contribution in [3.8, 4) is 18.0 Å². The smallest absolute Gasteiger partial charge is 0.211 e. The molecule has 0 spiro atoms. The molecule has 2 aromatic rings. The Morgan fingerprint density at radius 1 is 1.37 bits per heavy atom. The zero-order chi connectivity index (χ0) is 19.7. The highest BCUT2D eigenvalue weighted by Crippen LogP contribution is 2.45. The van der Waals surface area contributed by atoms with Gasteiger partial charge in [0, 0.05) is 15.6 Å². The summed E-state index contributed by atoms with van der Waals surface area (Å²) in [6, 6.07) is 5.05. The number of ether oxygens (including phenoxy) is 1. The van der Waals surface area contributed by atoms with Crippen LogP contribution in [-0.4, -0.2) is 18.1 Å². The molecule has 27 heavy (non-hydrogen) atoms. The molecule has 1 unspecified atom stereocenters. The monoisotopic (exact) mass is 538 g/mol. The largest absolute Gasteiger partial charge is 0.495 e. The Bertz CT molecular complexity index is 1060. The summed E-state index contributed by atoms with van der Waals surface area (Å²) in [6.45, 7) is 0. The van der Waals surface area contributed by atoms with E-state index in [-0.39, 0.29) is 23.0 Å². The Labute approximate surface area is 176 Å². The van der Waals surface area contributed by atoms with E-state index in [1.54, 1.807) is 7.11 Å². The number of halogens is 2. The molecule has 1 aromatic heterocycles. The van der Waals surface area contributed by atoms with E-state index in [0.29, 0.717) is 22.7 Å². The van der Waals surface area contributed by atoms with Crippen LogP contribution in [0.1, 0.15) is 22.7 Å². The summed E-state index contributed by atoms with van der Waals surface area (Å²) >= 11 is 5.63. The first-order valence-electron chi connectivity index (χ1n) is 7.43. The van der Waals surface area contributed by atoms with Gasteiger partial charge in [0.15, 0.2) is 6.19 Å². The van der Waals surface area contributed by atoms with Crippen molar-refractivity contribution in [3.05, 3.63) is 36.9 Å². The molecule has 0 bridgehead atoms. The molecular formula is C16H12BrIN8O. The van der Waals surface area contributed by atoms with Gasteiger partial charge in [-0.05, 0) is 34.7 Å². The minimum atomic E-state index is -0.668. The number of nitrogen functional groups attached to an aromatic ring is 2. The number of nitrogens with two attached hydrogens (primary N) is 2. The van der Waals surface area contributed by atoms with Crippen molar-refractivity contribution in [3.63, 3.8) is 0 Å². The lowest BCUT2D eigenvalue weighted by Gasteiger charge is -2.27. The van der Waals surface area contributed by atoms with Crippen molar-refractivity contribution in [2.75, 3.05) is 23.9 Å². The number of fused-ring (bicyclic) bond motifs is 1. The minimum absolute atomic E-state index is 0.00556. The molecule has 0 amide bonds. The topological polar surface area (TPSA) is 158 Å². The third-order valence-corrected chi connectivity index (χ3v) is 5.15. The van der Waals surface area contributed by atoms with Gasteiger partial charge in [-0.2, -0.15) is 10.5 Å². The number of hydrogen-bond acceptors (Lipinski definition) is 9. The van der Waals surface area contributed by atoms with Crippen LogP contribution in [0.3, 0.4) is 0 Å². The van der Waals surface area contributed by atoms with Crippen LogP contribution in [0.25, 0.3) is 0 Å². The van der Waals surface area contributed by atoms with E-state index in [4.69, 9.17) is 21.5 Å². The Morgan fingerprint density at radius 2 is 2.11 bits per heavy atom. The average Bonchev–Trinajstić information content (AvgIpc) is 2.61. The number of nitrogens with zero attached hydrogens (tertiary/aromatic N) is 4. The number of anilines is 3. The van der Waals surface area contributed by atoms with Gasteiger partial charge in [0.05, 0.1) is 16.4 Å². The van der Waals surface area contributed by atoms with Crippen molar-refractivity contribution in [2.24, 2.45) is 4.99 Å². The van der Waals surface area contributed by atoms with Crippen LogP contribution in [0.5, 0.6) is 5.75 Å². The molecule has 2 heterocycles. The second-order valence-electron chi connectivity index (χ2n) is 5.41. The van der Waals surface area contributed by atoms with Gasteiger partial charge in [0.1, 0.15) is 35.1 Å². The predicted octanol–water partition coefficient (Wildman–Crippen LogP) is 2.43. The van der Waals surface area contributed by atoms with Crippen molar-refractivity contribution in [2.45, 2.75) is 6.04 Å². The Morgan fingerprint density at radius 3 is 2.74 bits per heavy atom. The standard InChI is InChI=1S/C16H12BrIN8O/c1-27-13-7(2-6(17)3-9(13)18)12-10-11(21)8(4-19)14(22)25-15(10)26-16(24-12)23-5-20/h2-3,12H,1H3,(H6,21,22,23,24,25,26). The van der Waals surface area contributed by atoms with E-state index in [1.165, 1.54) is 0 Å². The third-order valence-electron chi connectivity index (χ3n) is 3.89. The van der Waals surface area contributed by atoms with E-state index in [1.807, 2.05) is 24.4 Å². The number of methoxy groups -OCH3 is 1.